The smallest absolute Gasteiger partial charge is 0.122 e. The van der Waals surface area contributed by atoms with E-state index in [-0.39, 0.29) is 0 Å². The van der Waals surface area contributed by atoms with E-state index in [1.807, 2.05) is 0 Å². The van der Waals surface area contributed by atoms with Crippen molar-refractivity contribution >= 4 is 0 Å². The van der Waals surface area contributed by atoms with E-state index in [0.717, 1.165) is 24.7 Å². The second-order valence-electron chi connectivity index (χ2n) is 6.19. The number of ether oxygens (including phenoxy) is 1. The average Bonchev–Trinajstić information content (AvgIpc) is 3.09. The molecule has 1 aliphatic carbocycles. The second kappa shape index (κ2) is 5.54. The fourth-order valence-corrected chi connectivity index (χ4v) is 3.56. The van der Waals surface area contributed by atoms with Crippen LogP contribution in [-0.2, 0) is 6.42 Å². The highest BCUT2D eigenvalue weighted by Gasteiger charge is 2.23. The predicted octanol–water partition coefficient (Wildman–Crippen LogP) is 3.85. The summed E-state index contributed by atoms with van der Waals surface area (Å²) in [5.41, 5.74) is 2.77. The number of hydrogen-bond acceptors (Lipinski definition) is 2. The minimum Gasteiger partial charge on any atom is -0.493 e. The highest BCUT2D eigenvalue weighted by atomic mass is 16.5. The lowest BCUT2D eigenvalue weighted by atomic mass is 9.97. The first-order valence-electron chi connectivity index (χ1n) is 7.75. The lowest BCUT2D eigenvalue weighted by molar-refractivity contribution is 0.352. The van der Waals surface area contributed by atoms with Gasteiger partial charge in [-0.1, -0.05) is 25.0 Å². The molecule has 1 unspecified atom stereocenters. The maximum atomic E-state index is 5.58. The molecule has 1 N–H and O–H groups in total. The third-order valence-electron chi connectivity index (χ3n) is 4.83. The average molecular weight is 259 g/mol. The van der Waals surface area contributed by atoms with E-state index in [9.17, 15) is 0 Å². The first-order valence-corrected chi connectivity index (χ1v) is 7.75. The molecule has 2 atom stereocenters. The van der Waals surface area contributed by atoms with Crippen LogP contribution in [0, 0.1) is 5.92 Å². The van der Waals surface area contributed by atoms with Crippen molar-refractivity contribution in [2.75, 3.05) is 6.61 Å². The fraction of sp³-hybridized carbons (Fsp3) is 0.647. The Balaban J connectivity index is 1.64. The van der Waals surface area contributed by atoms with E-state index in [2.05, 4.69) is 37.4 Å². The van der Waals surface area contributed by atoms with E-state index < -0.39 is 0 Å². The molecule has 2 nitrogen and oxygen atoms in total. The number of nitrogens with one attached hydrogen (secondary N) is 1. The Bertz CT molecular complexity index is 437. The first-order chi connectivity index (χ1) is 9.24. The van der Waals surface area contributed by atoms with Crippen molar-refractivity contribution < 1.29 is 4.74 Å². The van der Waals surface area contributed by atoms with Crippen molar-refractivity contribution in [1.82, 2.24) is 5.32 Å². The molecule has 2 heteroatoms. The Labute approximate surface area is 116 Å². The molecular formula is C17H25NO. The molecule has 0 radical (unpaired) electrons. The standard InChI is InChI=1S/C17H25NO/c1-12(14-5-3-4-6-14)18-13(2)15-7-8-17-16(11-15)9-10-19-17/h7-8,11-14,18H,3-6,9-10H2,1-2H3/t12-,13?/m1/s1. The molecule has 1 aromatic carbocycles. The zero-order valence-electron chi connectivity index (χ0n) is 12.1. The van der Waals surface area contributed by atoms with Gasteiger partial charge in [0.2, 0.25) is 0 Å². The molecule has 1 saturated carbocycles. The summed E-state index contributed by atoms with van der Waals surface area (Å²) >= 11 is 0. The number of rotatable bonds is 4. The van der Waals surface area contributed by atoms with Crippen LogP contribution in [0.3, 0.4) is 0 Å². The molecule has 3 rings (SSSR count). The van der Waals surface area contributed by atoms with Gasteiger partial charge in [-0.25, -0.2) is 0 Å². The summed E-state index contributed by atoms with van der Waals surface area (Å²) in [6.07, 6.45) is 6.70. The maximum Gasteiger partial charge on any atom is 0.122 e. The van der Waals surface area contributed by atoms with Gasteiger partial charge in [-0.2, -0.15) is 0 Å². The molecule has 2 aliphatic rings. The van der Waals surface area contributed by atoms with Gasteiger partial charge in [0, 0.05) is 18.5 Å². The van der Waals surface area contributed by atoms with Crippen LogP contribution in [0.25, 0.3) is 0 Å². The minimum absolute atomic E-state index is 0.432. The Morgan fingerprint density at radius 1 is 1.21 bits per heavy atom. The lowest BCUT2D eigenvalue weighted by Gasteiger charge is -2.25. The van der Waals surface area contributed by atoms with Crippen LogP contribution in [0.1, 0.15) is 56.7 Å². The zero-order valence-corrected chi connectivity index (χ0v) is 12.1. The van der Waals surface area contributed by atoms with Gasteiger partial charge in [-0.05, 0) is 49.8 Å². The molecule has 1 aliphatic heterocycles. The molecule has 1 fully saturated rings. The third kappa shape index (κ3) is 2.79. The van der Waals surface area contributed by atoms with Crippen LogP contribution in [0.15, 0.2) is 18.2 Å². The number of benzene rings is 1. The van der Waals surface area contributed by atoms with Crippen molar-refractivity contribution in [1.29, 1.82) is 0 Å². The van der Waals surface area contributed by atoms with Crippen LogP contribution >= 0.6 is 0 Å². The van der Waals surface area contributed by atoms with E-state index in [4.69, 9.17) is 4.74 Å². The Kier molecular flexibility index (Phi) is 3.79. The van der Waals surface area contributed by atoms with Crippen molar-refractivity contribution in [3.05, 3.63) is 29.3 Å². The Hall–Kier alpha value is -1.02. The Morgan fingerprint density at radius 2 is 2.00 bits per heavy atom. The molecule has 0 spiro atoms. The van der Waals surface area contributed by atoms with Crippen LogP contribution < -0.4 is 10.1 Å². The maximum absolute atomic E-state index is 5.58. The summed E-state index contributed by atoms with van der Waals surface area (Å²) < 4.78 is 5.58. The van der Waals surface area contributed by atoms with E-state index in [1.54, 1.807) is 0 Å². The van der Waals surface area contributed by atoms with E-state index in [1.165, 1.54) is 36.8 Å². The highest BCUT2D eigenvalue weighted by molar-refractivity contribution is 5.40. The zero-order chi connectivity index (χ0) is 13.2. The van der Waals surface area contributed by atoms with Crippen molar-refractivity contribution in [2.45, 2.75) is 58.0 Å². The van der Waals surface area contributed by atoms with Crippen LogP contribution in [0.4, 0.5) is 0 Å². The number of hydrogen-bond donors (Lipinski definition) is 1. The van der Waals surface area contributed by atoms with Crippen LogP contribution in [0.5, 0.6) is 5.75 Å². The Morgan fingerprint density at radius 3 is 2.79 bits per heavy atom. The molecule has 1 heterocycles. The summed E-state index contributed by atoms with van der Waals surface area (Å²) in [6, 6.07) is 7.73. The monoisotopic (exact) mass is 259 g/mol. The summed E-state index contributed by atoms with van der Waals surface area (Å²) in [5.74, 6) is 1.96. The molecule has 19 heavy (non-hydrogen) atoms. The lowest BCUT2D eigenvalue weighted by Crippen LogP contribution is -2.34. The van der Waals surface area contributed by atoms with Gasteiger partial charge in [-0.15, -0.1) is 0 Å². The molecule has 0 aromatic heterocycles. The van der Waals surface area contributed by atoms with Gasteiger partial charge in [-0.3, -0.25) is 0 Å². The van der Waals surface area contributed by atoms with Gasteiger partial charge < -0.3 is 10.1 Å². The van der Waals surface area contributed by atoms with E-state index >= 15 is 0 Å². The summed E-state index contributed by atoms with van der Waals surface area (Å²) in [4.78, 5) is 0. The van der Waals surface area contributed by atoms with Gasteiger partial charge >= 0.3 is 0 Å². The fourth-order valence-electron chi connectivity index (χ4n) is 3.56. The topological polar surface area (TPSA) is 21.3 Å². The van der Waals surface area contributed by atoms with Crippen LogP contribution in [-0.4, -0.2) is 12.6 Å². The van der Waals surface area contributed by atoms with Gasteiger partial charge in [0.15, 0.2) is 0 Å². The molecule has 1 aromatic rings. The largest absolute Gasteiger partial charge is 0.493 e. The molecule has 0 amide bonds. The van der Waals surface area contributed by atoms with Gasteiger partial charge in [0.25, 0.3) is 0 Å². The minimum atomic E-state index is 0.432. The molecule has 0 saturated heterocycles. The summed E-state index contributed by atoms with van der Waals surface area (Å²) in [6.45, 7) is 5.48. The molecule has 104 valence electrons. The first kappa shape index (κ1) is 13.0. The second-order valence-corrected chi connectivity index (χ2v) is 6.19. The summed E-state index contributed by atoms with van der Waals surface area (Å²) in [5, 5.41) is 3.79. The third-order valence-corrected chi connectivity index (χ3v) is 4.83. The normalized spacial score (nSPS) is 22.0. The van der Waals surface area contributed by atoms with Crippen molar-refractivity contribution in [3.63, 3.8) is 0 Å². The SMILES string of the molecule is CC(N[C@H](C)C1CCCC1)c1ccc2c(c1)CCO2. The summed E-state index contributed by atoms with van der Waals surface area (Å²) in [7, 11) is 0. The quantitative estimate of drug-likeness (QED) is 0.886. The van der Waals surface area contributed by atoms with Gasteiger partial charge in [0.1, 0.15) is 5.75 Å². The van der Waals surface area contributed by atoms with Crippen molar-refractivity contribution in [2.24, 2.45) is 5.92 Å². The number of fused-ring (bicyclic) bond motifs is 1. The van der Waals surface area contributed by atoms with E-state index in [0.29, 0.717) is 12.1 Å². The van der Waals surface area contributed by atoms with Crippen molar-refractivity contribution in [3.8, 4) is 5.75 Å². The highest BCUT2D eigenvalue weighted by Crippen LogP contribution is 2.31. The van der Waals surface area contributed by atoms with Crippen LogP contribution in [0.2, 0.25) is 0 Å². The van der Waals surface area contributed by atoms with Gasteiger partial charge in [0.05, 0.1) is 6.61 Å². The predicted molar refractivity (Wildman–Crippen MR) is 78.6 cm³/mol. The molecular weight excluding hydrogens is 234 g/mol. The molecule has 0 bridgehead atoms.